The van der Waals surface area contributed by atoms with Crippen molar-refractivity contribution in [2.75, 3.05) is 23.7 Å². The zero-order chi connectivity index (χ0) is 14.1. The van der Waals surface area contributed by atoms with E-state index in [1.807, 2.05) is 6.92 Å². The molecular weight excluding hydrogens is 266 g/mol. The number of thiazole rings is 1. The Kier molecular flexibility index (Phi) is 3.66. The molecule has 20 heavy (non-hydrogen) atoms. The number of rotatable bonds is 2. The highest BCUT2D eigenvalue weighted by molar-refractivity contribution is 7.09. The molecule has 0 aliphatic carbocycles. The van der Waals surface area contributed by atoms with Gasteiger partial charge < -0.3 is 10.6 Å². The van der Waals surface area contributed by atoms with Gasteiger partial charge in [-0.2, -0.15) is 0 Å². The zero-order valence-electron chi connectivity index (χ0n) is 12.1. The lowest BCUT2D eigenvalue weighted by Gasteiger charge is -2.33. The number of anilines is 2. The molecule has 0 spiro atoms. The van der Waals surface area contributed by atoms with E-state index < -0.39 is 0 Å². The SMILES string of the molecule is Cc1nc(-c2ccc(N3CCCC(C)C3)c(N)c2)cs1. The molecule has 3 rings (SSSR count). The van der Waals surface area contributed by atoms with Crippen molar-refractivity contribution in [1.82, 2.24) is 4.98 Å². The Balaban J connectivity index is 1.87. The number of aromatic nitrogens is 1. The molecule has 1 aromatic heterocycles. The molecular formula is C16H21N3S. The second-order valence-electron chi connectivity index (χ2n) is 5.72. The van der Waals surface area contributed by atoms with Crippen LogP contribution in [0.2, 0.25) is 0 Å². The lowest BCUT2D eigenvalue weighted by molar-refractivity contribution is 0.447. The van der Waals surface area contributed by atoms with Crippen LogP contribution in [0.25, 0.3) is 11.3 Å². The van der Waals surface area contributed by atoms with Crippen LogP contribution in [0, 0.1) is 12.8 Å². The van der Waals surface area contributed by atoms with Crippen molar-refractivity contribution < 1.29 is 0 Å². The van der Waals surface area contributed by atoms with Gasteiger partial charge in [-0.25, -0.2) is 4.98 Å². The Morgan fingerprint density at radius 1 is 1.40 bits per heavy atom. The number of nitrogen functional groups attached to an aromatic ring is 1. The molecule has 0 amide bonds. The quantitative estimate of drug-likeness (QED) is 0.851. The monoisotopic (exact) mass is 287 g/mol. The third-order valence-electron chi connectivity index (χ3n) is 3.94. The number of nitrogens with zero attached hydrogens (tertiary/aromatic N) is 2. The lowest BCUT2D eigenvalue weighted by atomic mass is 9.99. The van der Waals surface area contributed by atoms with Crippen LogP contribution in [0.3, 0.4) is 0 Å². The Morgan fingerprint density at radius 3 is 2.90 bits per heavy atom. The molecule has 1 fully saturated rings. The van der Waals surface area contributed by atoms with Crippen molar-refractivity contribution in [3.63, 3.8) is 0 Å². The first-order valence-electron chi connectivity index (χ1n) is 7.20. The predicted molar refractivity (Wildman–Crippen MR) is 87.3 cm³/mol. The Morgan fingerprint density at radius 2 is 2.25 bits per heavy atom. The standard InChI is InChI=1S/C16H21N3S/c1-11-4-3-7-19(9-11)16-6-5-13(8-14(16)17)15-10-20-12(2)18-15/h5-6,8,10-11H,3-4,7,9,17H2,1-2H3. The molecule has 2 N–H and O–H groups in total. The van der Waals surface area contributed by atoms with Gasteiger partial charge in [0.05, 0.1) is 22.1 Å². The fourth-order valence-corrected chi connectivity index (χ4v) is 3.53. The maximum Gasteiger partial charge on any atom is 0.0901 e. The molecule has 1 aliphatic heterocycles. The summed E-state index contributed by atoms with van der Waals surface area (Å²) in [5.41, 5.74) is 10.4. The summed E-state index contributed by atoms with van der Waals surface area (Å²) in [6, 6.07) is 6.35. The van der Waals surface area contributed by atoms with Gasteiger partial charge in [-0.05, 0) is 37.8 Å². The van der Waals surface area contributed by atoms with E-state index in [-0.39, 0.29) is 0 Å². The third-order valence-corrected chi connectivity index (χ3v) is 4.71. The van der Waals surface area contributed by atoms with Gasteiger partial charge in [-0.15, -0.1) is 11.3 Å². The minimum atomic E-state index is 0.754. The minimum absolute atomic E-state index is 0.754. The zero-order valence-corrected chi connectivity index (χ0v) is 12.9. The summed E-state index contributed by atoms with van der Waals surface area (Å²) in [5, 5.41) is 3.18. The van der Waals surface area contributed by atoms with E-state index >= 15 is 0 Å². The van der Waals surface area contributed by atoms with Gasteiger partial charge in [0.15, 0.2) is 0 Å². The molecule has 1 saturated heterocycles. The number of piperidine rings is 1. The number of benzene rings is 1. The Labute approximate surface area is 124 Å². The first kappa shape index (κ1) is 13.4. The largest absolute Gasteiger partial charge is 0.397 e. The van der Waals surface area contributed by atoms with Crippen LogP contribution >= 0.6 is 11.3 Å². The Hall–Kier alpha value is -1.55. The average molecular weight is 287 g/mol. The summed E-state index contributed by atoms with van der Waals surface area (Å²) < 4.78 is 0. The lowest BCUT2D eigenvalue weighted by Crippen LogP contribution is -2.34. The van der Waals surface area contributed by atoms with Gasteiger partial charge >= 0.3 is 0 Å². The van der Waals surface area contributed by atoms with Crippen LogP contribution in [0.15, 0.2) is 23.6 Å². The van der Waals surface area contributed by atoms with Crippen LogP contribution in [0.5, 0.6) is 0 Å². The number of hydrogen-bond donors (Lipinski definition) is 1. The molecule has 4 heteroatoms. The fraction of sp³-hybridized carbons (Fsp3) is 0.438. The second kappa shape index (κ2) is 5.44. The first-order valence-corrected chi connectivity index (χ1v) is 8.08. The van der Waals surface area contributed by atoms with E-state index in [9.17, 15) is 0 Å². The summed E-state index contributed by atoms with van der Waals surface area (Å²) in [5.74, 6) is 0.754. The van der Waals surface area contributed by atoms with Gasteiger partial charge in [-0.1, -0.05) is 13.0 Å². The minimum Gasteiger partial charge on any atom is -0.397 e. The Bertz CT molecular complexity index is 606. The van der Waals surface area contributed by atoms with Crippen molar-refractivity contribution in [1.29, 1.82) is 0 Å². The van der Waals surface area contributed by atoms with Crippen LogP contribution < -0.4 is 10.6 Å². The highest BCUT2D eigenvalue weighted by Crippen LogP contribution is 2.32. The van der Waals surface area contributed by atoms with E-state index in [1.54, 1.807) is 11.3 Å². The topological polar surface area (TPSA) is 42.2 Å². The molecule has 106 valence electrons. The average Bonchev–Trinajstić information content (AvgIpc) is 2.85. The number of aryl methyl sites for hydroxylation is 1. The van der Waals surface area contributed by atoms with E-state index in [2.05, 4.69) is 40.4 Å². The van der Waals surface area contributed by atoms with Crippen molar-refractivity contribution in [2.45, 2.75) is 26.7 Å². The fourth-order valence-electron chi connectivity index (χ4n) is 2.91. The van der Waals surface area contributed by atoms with Crippen LogP contribution in [0.4, 0.5) is 11.4 Å². The van der Waals surface area contributed by atoms with Crippen LogP contribution in [-0.2, 0) is 0 Å². The first-order chi connectivity index (χ1) is 9.63. The van der Waals surface area contributed by atoms with Crippen LogP contribution in [0.1, 0.15) is 24.8 Å². The summed E-state index contributed by atoms with van der Waals surface area (Å²) >= 11 is 1.68. The van der Waals surface area contributed by atoms with Crippen molar-refractivity contribution in [2.24, 2.45) is 5.92 Å². The predicted octanol–water partition coefficient (Wildman–Crippen LogP) is 3.94. The summed E-state index contributed by atoms with van der Waals surface area (Å²) in [7, 11) is 0. The molecule has 1 aromatic carbocycles. The van der Waals surface area contributed by atoms with Crippen molar-refractivity contribution in [3.8, 4) is 11.3 Å². The highest BCUT2D eigenvalue weighted by Gasteiger charge is 2.18. The van der Waals surface area contributed by atoms with E-state index in [0.29, 0.717) is 0 Å². The van der Waals surface area contributed by atoms with Crippen molar-refractivity contribution >= 4 is 22.7 Å². The molecule has 3 nitrogen and oxygen atoms in total. The molecule has 2 heterocycles. The summed E-state index contributed by atoms with van der Waals surface area (Å²) in [6.45, 7) is 6.57. The van der Waals surface area contributed by atoms with E-state index in [0.717, 1.165) is 41.0 Å². The number of hydrogen-bond acceptors (Lipinski definition) is 4. The molecule has 1 aliphatic rings. The normalized spacial score (nSPS) is 19.3. The molecule has 0 radical (unpaired) electrons. The molecule has 1 atom stereocenters. The highest BCUT2D eigenvalue weighted by atomic mass is 32.1. The van der Waals surface area contributed by atoms with E-state index in [1.165, 1.54) is 18.5 Å². The van der Waals surface area contributed by atoms with E-state index in [4.69, 9.17) is 5.73 Å². The smallest absolute Gasteiger partial charge is 0.0901 e. The maximum atomic E-state index is 6.28. The van der Waals surface area contributed by atoms with Crippen LogP contribution in [-0.4, -0.2) is 18.1 Å². The number of nitrogens with two attached hydrogens (primary N) is 1. The molecule has 0 saturated carbocycles. The van der Waals surface area contributed by atoms with Gasteiger partial charge in [0.2, 0.25) is 0 Å². The molecule has 2 aromatic rings. The maximum absolute atomic E-state index is 6.28. The molecule has 0 bridgehead atoms. The van der Waals surface area contributed by atoms with Gasteiger partial charge in [-0.3, -0.25) is 0 Å². The summed E-state index contributed by atoms with van der Waals surface area (Å²) in [6.07, 6.45) is 2.58. The van der Waals surface area contributed by atoms with Gasteiger partial charge in [0.25, 0.3) is 0 Å². The second-order valence-corrected chi connectivity index (χ2v) is 6.78. The summed E-state index contributed by atoms with van der Waals surface area (Å²) in [4.78, 5) is 6.94. The third kappa shape index (κ3) is 2.66. The van der Waals surface area contributed by atoms with Gasteiger partial charge in [0.1, 0.15) is 0 Å². The van der Waals surface area contributed by atoms with Crippen molar-refractivity contribution in [3.05, 3.63) is 28.6 Å². The molecule has 1 unspecified atom stereocenters. The van der Waals surface area contributed by atoms with Gasteiger partial charge in [0, 0.05) is 24.0 Å².